The molecule has 6 heteroatoms. The van der Waals surface area contributed by atoms with Gasteiger partial charge in [0.15, 0.2) is 0 Å². The zero-order valence-corrected chi connectivity index (χ0v) is 14.8. The van der Waals surface area contributed by atoms with Crippen LogP contribution < -0.4 is 0 Å². The average molecular weight is 329 g/mol. The summed E-state index contributed by atoms with van der Waals surface area (Å²) in [6, 6.07) is 2.22. The lowest BCUT2D eigenvalue weighted by molar-refractivity contribution is -0.137. The SMILES string of the molecule is CC(C)c1nccn1[C@H]1CCCN(C(=O)[C@@H](C)Cn2cccn2)C1. The van der Waals surface area contributed by atoms with Gasteiger partial charge in [-0.05, 0) is 18.9 Å². The van der Waals surface area contributed by atoms with E-state index in [0.29, 0.717) is 18.5 Å². The van der Waals surface area contributed by atoms with Crippen molar-refractivity contribution >= 4 is 5.91 Å². The quantitative estimate of drug-likeness (QED) is 0.847. The summed E-state index contributed by atoms with van der Waals surface area (Å²) in [4.78, 5) is 19.3. The minimum absolute atomic E-state index is 0.0593. The van der Waals surface area contributed by atoms with Crippen LogP contribution in [0, 0.1) is 5.92 Å². The molecule has 2 atom stereocenters. The first-order valence-corrected chi connectivity index (χ1v) is 8.85. The van der Waals surface area contributed by atoms with Gasteiger partial charge in [0, 0.05) is 43.8 Å². The predicted octanol–water partition coefficient (Wildman–Crippen LogP) is 2.70. The van der Waals surface area contributed by atoms with Crippen molar-refractivity contribution in [3.05, 3.63) is 36.7 Å². The molecule has 0 unspecified atom stereocenters. The molecular formula is C18H27N5O. The van der Waals surface area contributed by atoms with Gasteiger partial charge in [-0.2, -0.15) is 5.10 Å². The van der Waals surface area contributed by atoms with E-state index in [1.165, 1.54) is 0 Å². The highest BCUT2D eigenvalue weighted by Gasteiger charge is 2.29. The minimum atomic E-state index is -0.0593. The summed E-state index contributed by atoms with van der Waals surface area (Å²) in [5, 5.41) is 4.20. The van der Waals surface area contributed by atoms with Crippen LogP contribution in [-0.4, -0.2) is 43.2 Å². The molecule has 0 saturated carbocycles. The largest absolute Gasteiger partial charge is 0.340 e. The monoisotopic (exact) mass is 329 g/mol. The highest BCUT2D eigenvalue weighted by Crippen LogP contribution is 2.26. The second kappa shape index (κ2) is 7.20. The molecule has 1 fully saturated rings. The summed E-state index contributed by atoms with van der Waals surface area (Å²) >= 11 is 0. The Morgan fingerprint density at radius 3 is 2.83 bits per heavy atom. The molecule has 0 aliphatic carbocycles. The molecule has 130 valence electrons. The molecule has 1 amide bonds. The molecule has 0 bridgehead atoms. The normalized spacial score (nSPS) is 19.7. The second-order valence-electron chi connectivity index (χ2n) is 7.06. The van der Waals surface area contributed by atoms with Crippen molar-refractivity contribution in [3.63, 3.8) is 0 Å². The Balaban J connectivity index is 1.66. The van der Waals surface area contributed by atoms with Crippen LogP contribution in [0.25, 0.3) is 0 Å². The van der Waals surface area contributed by atoms with E-state index in [4.69, 9.17) is 0 Å². The van der Waals surface area contributed by atoms with Crippen LogP contribution in [0.2, 0.25) is 0 Å². The maximum Gasteiger partial charge on any atom is 0.227 e. The van der Waals surface area contributed by atoms with Crippen LogP contribution in [0.4, 0.5) is 0 Å². The molecule has 1 saturated heterocycles. The fourth-order valence-corrected chi connectivity index (χ4v) is 3.54. The number of hydrogen-bond acceptors (Lipinski definition) is 3. The van der Waals surface area contributed by atoms with Crippen LogP contribution in [0.5, 0.6) is 0 Å². The molecule has 1 aliphatic heterocycles. The summed E-state index contributed by atoms with van der Waals surface area (Å²) < 4.78 is 4.10. The number of imidazole rings is 1. The van der Waals surface area contributed by atoms with Crippen LogP contribution in [-0.2, 0) is 11.3 Å². The number of amides is 1. The van der Waals surface area contributed by atoms with Gasteiger partial charge in [0.1, 0.15) is 5.82 Å². The molecule has 0 aromatic carbocycles. The van der Waals surface area contributed by atoms with Crippen molar-refractivity contribution in [2.75, 3.05) is 13.1 Å². The Morgan fingerprint density at radius 2 is 2.12 bits per heavy atom. The van der Waals surface area contributed by atoms with Crippen LogP contribution in [0.1, 0.15) is 51.4 Å². The maximum atomic E-state index is 12.8. The van der Waals surface area contributed by atoms with Crippen molar-refractivity contribution in [2.24, 2.45) is 5.92 Å². The van der Waals surface area contributed by atoms with Crippen LogP contribution in [0.15, 0.2) is 30.9 Å². The molecule has 0 spiro atoms. The highest BCUT2D eigenvalue weighted by molar-refractivity contribution is 5.78. The van der Waals surface area contributed by atoms with E-state index in [0.717, 1.165) is 31.8 Å². The predicted molar refractivity (Wildman–Crippen MR) is 92.6 cm³/mol. The van der Waals surface area contributed by atoms with Gasteiger partial charge in [0.25, 0.3) is 0 Å². The molecule has 2 aromatic heterocycles. The lowest BCUT2D eigenvalue weighted by Crippen LogP contribution is -2.44. The molecule has 3 heterocycles. The van der Waals surface area contributed by atoms with E-state index >= 15 is 0 Å². The van der Waals surface area contributed by atoms with Crippen molar-refractivity contribution in [1.29, 1.82) is 0 Å². The first-order chi connectivity index (χ1) is 11.6. The van der Waals surface area contributed by atoms with Gasteiger partial charge in [-0.25, -0.2) is 4.98 Å². The molecule has 0 N–H and O–H groups in total. The molecule has 2 aromatic rings. The lowest BCUT2D eigenvalue weighted by Gasteiger charge is -2.35. The zero-order chi connectivity index (χ0) is 17.1. The summed E-state index contributed by atoms with van der Waals surface area (Å²) in [6.07, 6.45) is 9.73. The first kappa shape index (κ1) is 16.7. The van der Waals surface area contributed by atoms with Gasteiger partial charge < -0.3 is 9.47 Å². The van der Waals surface area contributed by atoms with Gasteiger partial charge in [0.2, 0.25) is 5.91 Å². The number of rotatable bonds is 5. The highest BCUT2D eigenvalue weighted by atomic mass is 16.2. The summed E-state index contributed by atoms with van der Waals surface area (Å²) in [5.74, 6) is 1.67. The van der Waals surface area contributed by atoms with Crippen molar-refractivity contribution in [2.45, 2.75) is 52.1 Å². The van der Waals surface area contributed by atoms with Crippen molar-refractivity contribution in [1.82, 2.24) is 24.2 Å². The third-order valence-corrected chi connectivity index (χ3v) is 4.76. The van der Waals surface area contributed by atoms with Crippen LogP contribution in [0.3, 0.4) is 0 Å². The van der Waals surface area contributed by atoms with E-state index in [9.17, 15) is 4.79 Å². The first-order valence-electron chi connectivity index (χ1n) is 8.85. The lowest BCUT2D eigenvalue weighted by atomic mass is 10.0. The number of aromatic nitrogens is 4. The van der Waals surface area contributed by atoms with Gasteiger partial charge in [0.05, 0.1) is 18.5 Å². The molecule has 3 rings (SSSR count). The third kappa shape index (κ3) is 3.52. The Labute approximate surface area is 143 Å². The van der Waals surface area contributed by atoms with Gasteiger partial charge in [-0.1, -0.05) is 20.8 Å². The standard InChI is InChI=1S/C18H27N5O/c1-14(2)17-19-8-11-23(17)16-6-4-9-21(13-16)18(24)15(3)12-22-10-5-7-20-22/h5,7-8,10-11,14-16H,4,6,9,12-13H2,1-3H3/t15-,16-/m0/s1. The molecule has 6 nitrogen and oxygen atoms in total. The number of piperidine rings is 1. The Bertz CT molecular complexity index is 661. The zero-order valence-electron chi connectivity index (χ0n) is 14.8. The fraction of sp³-hybridized carbons (Fsp3) is 0.611. The summed E-state index contributed by atoms with van der Waals surface area (Å²) in [7, 11) is 0. The van der Waals surface area contributed by atoms with Gasteiger partial charge in [-0.15, -0.1) is 0 Å². The summed E-state index contributed by atoms with van der Waals surface area (Å²) in [5.41, 5.74) is 0. The van der Waals surface area contributed by atoms with Crippen LogP contribution >= 0.6 is 0 Å². The van der Waals surface area contributed by atoms with E-state index < -0.39 is 0 Å². The number of likely N-dealkylation sites (tertiary alicyclic amines) is 1. The van der Waals surface area contributed by atoms with E-state index in [1.807, 2.05) is 35.0 Å². The number of carbonyl (C=O) groups excluding carboxylic acids is 1. The Kier molecular flexibility index (Phi) is 5.02. The maximum absolute atomic E-state index is 12.8. The van der Waals surface area contributed by atoms with Crippen molar-refractivity contribution in [3.8, 4) is 0 Å². The Hall–Kier alpha value is -2.11. The van der Waals surface area contributed by atoms with Gasteiger partial charge >= 0.3 is 0 Å². The summed E-state index contributed by atoms with van der Waals surface area (Å²) in [6.45, 7) is 8.58. The van der Waals surface area contributed by atoms with E-state index in [-0.39, 0.29) is 11.8 Å². The second-order valence-corrected chi connectivity index (χ2v) is 7.06. The molecule has 24 heavy (non-hydrogen) atoms. The minimum Gasteiger partial charge on any atom is -0.340 e. The molecule has 1 aliphatic rings. The van der Waals surface area contributed by atoms with E-state index in [1.54, 1.807) is 6.20 Å². The van der Waals surface area contributed by atoms with Gasteiger partial charge in [-0.3, -0.25) is 9.48 Å². The number of hydrogen-bond donors (Lipinski definition) is 0. The smallest absolute Gasteiger partial charge is 0.227 e. The number of nitrogens with zero attached hydrogens (tertiary/aromatic N) is 5. The third-order valence-electron chi connectivity index (χ3n) is 4.76. The molecule has 0 radical (unpaired) electrons. The Morgan fingerprint density at radius 1 is 1.29 bits per heavy atom. The molecular weight excluding hydrogens is 302 g/mol. The average Bonchev–Trinajstić information content (AvgIpc) is 3.25. The number of carbonyl (C=O) groups is 1. The van der Waals surface area contributed by atoms with E-state index in [2.05, 4.69) is 34.7 Å². The topological polar surface area (TPSA) is 56.0 Å². The van der Waals surface area contributed by atoms with Crippen molar-refractivity contribution < 1.29 is 4.79 Å². The fourth-order valence-electron chi connectivity index (χ4n) is 3.54.